The number of Topliss-reactive ketones (excluding diaryl/α,β-unsaturated/α-hetero) is 1. The maximum absolute atomic E-state index is 12.2. The van der Waals surface area contributed by atoms with E-state index in [1.165, 1.54) is 6.92 Å². The van der Waals surface area contributed by atoms with E-state index in [0.717, 1.165) is 17.3 Å². The molecule has 4 nitrogen and oxygen atoms in total. The smallest absolute Gasteiger partial charge is 0.216 e. The number of hydrogen-bond acceptors (Lipinski definition) is 4. The van der Waals surface area contributed by atoms with Crippen molar-refractivity contribution in [3.8, 4) is 0 Å². The molecule has 0 saturated heterocycles. The third-order valence-electron chi connectivity index (χ3n) is 3.17. The number of amides is 1. The minimum atomic E-state index is -0.170. The van der Waals surface area contributed by atoms with E-state index < -0.39 is 0 Å². The van der Waals surface area contributed by atoms with E-state index in [1.54, 1.807) is 6.08 Å². The van der Waals surface area contributed by atoms with Gasteiger partial charge < -0.3 is 5.32 Å². The molecule has 0 fully saturated rings. The van der Waals surface area contributed by atoms with Gasteiger partial charge in [-0.05, 0) is 17.6 Å². The molecule has 1 N–H and O–H groups in total. The summed E-state index contributed by atoms with van der Waals surface area (Å²) in [4.78, 5) is 34.7. The summed E-state index contributed by atoms with van der Waals surface area (Å²) in [7, 11) is 0. The first kappa shape index (κ1) is 19.9. The Labute approximate surface area is 147 Å². The van der Waals surface area contributed by atoms with Gasteiger partial charge in [-0.2, -0.15) is 0 Å². The summed E-state index contributed by atoms with van der Waals surface area (Å²) in [6.07, 6.45) is 6.00. The first-order valence-corrected chi connectivity index (χ1v) is 8.87. The summed E-state index contributed by atoms with van der Waals surface area (Å²) in [5, 5.41) is 2.44. The van der Waals surface area contributed by atoms with Gasteiger partial charge in [0.2, 0.25) is 5.91 Å². The molecule has 0 bridgehead atoms. The lowest BCUT2D eigenvalue weighted by atomic mass is 10.1. The molecule has 0 aromatic heterocycles. The van der Waals surface area contributed by atoms with Crippen molar-refractivity contribution in [2.75, 3.05) is 12.3 Å². The molecular weight excluding hydrogens is 322 g/mol. The summed E-state index contributed by atoms with van der Waals surface area (Å²) >= 11 is 1.08. The summed E-state index contributed by atoms with van der Waals surface area (Å²) in [6.45, 7) is 3.75. The van der Waals surface area contributed by atoms with Gasteiger partial charge in [0.1, 0.15) is 0 Å². The highest BCUT2D eigenvalue weighted by atomic mass is 32.2. The van der Waals surface area contributed by atoms with E-state index in [2.05, 4.69) is 5.32 Å². The van der Waals surface area contributed by atoms with E-state index in [1.807, 2.05) is 49.4 Å². The SMILES string of the molecule is CC/C(=C\C=C\c1ccccc1)C(=O)CC(=O)SCCNC(C)=O. The fraction of sp³-hybridized carbons (Fsp3) is 0.316. The zero-order valence-corrected chi connectivity index (χ0v) is 14.9. The van der Waals surface area contributed by atoms with Crippen LogP contribution in [0.25, 0.3) is 6.08 Å². The van der Waals surface area contributed by atoms with E-state index >= 15 is 0 Å². The number of thioether (sulfide) groups is 1. The van der Waals surface area contributed by atoms with Gasteiger partial charge in [0.05, 0.1) is 6.42 Å². The van der Waals surface area contributed by atoms with Crippen molar-refractivity contribution < 1.29 is 14.4 Å². The van der Waals surface area contributed by atoms with Crippen molar-refractivity contribution in [2.24, 2.45) is 0 Å². The van der Waals surface area contributed by atoms with Crippen LogP contribution in [0.4, 0.5) is 0 Å². The quantitative estimate of drug-likeness (QED) is 0.322. The third-order valence-corrected chi connectivity index (χ3v) is 4.04. The fourth-order valence-corrected chi connectivity index (χ4v) is 2.60. The van der Waals surface area contributed by atoms with E-state index in [0.29, 0.717) is 24.3 Å². The van der Waals surface area contributed by atoms with Gasteiger partial charge in [-0.1, -0.05) is 67.2 Å². The Hall–Kier alpha value is -2.14. The molecule has 0 unspecified atom stereocenters. The Kier molecular flexibility index (Phi) is 9.46. The summed E-state index contributed by atoms with van der Waals surface area (Å²) in [6, 6.07) is 9.81. The molecule has 0 saturated carbocycles. The summed E-state index contributed by atoms with van der Waals surface area (Å²) in [5.74, 6) is 0.206. The molecule has 1 aromatic carbocycles. The number of hydrogen-bond donors (Lipinski definition) is 1. The van der Waals surface area contributed by atoms with Gasteiger partial charge in [-0.3, -0.25) is 14.4 Å². The molecule has 128 valence electrons. The Morgan fingerprint density at radius 2 is 1.88 bits per heavy atom. The van der Waals surface area contributed by atoms with Crippen molar-refractivity contribution in [2.45, 2.75) is 26.7 Å². The molecule has 0 spiro atoms. The minimum Gasteiger partial charge on any atom is -0.356 e. The van der Waals surface area contributed by atoms with E-state index in [9.17, 15) is 14.4 Å². The van der Waals surface area contributed by atoms with E-state index in [4.69, 9.17) is 0 Å². The molecule has 0 aliphatic heterocycles. The normalized spacial score (nSPS) is 11.5. The molecule has 0 radical (unpaired) electrons. The average molecular weight is 345 g/mol. The standard InChI is InChI=1S/C19H23NO3S/c1-3-17(11-7-10-16-8-5-4-6-9-16)18(22)14-19(23)24-13-12-20-15(2)21/h4-11H,3,12-14H2,1-2H3,(H,20,21)/b10-7+,17-11+. The lowest BCUT2D eigenvalue weighted by molar-refractivity contribution is -0.121. The predicted octanol–water partition coefficient (Wildman–Crippen LogP) is 3.39. The largest absolute Gasteiger partial charge is 0.356 e. The lowest BCUT2D eigenvalue weighted by Gasteiger charge is -2.03. The fourth-order valence-electron chi connectivity index (χ4n) is 1.94. The monoisotopic (exact) mass is 345 g/mol. The van der Waals surface area contributed by atoms with Gasteiger partial charge in [-0.25, -0.2) is 0 Å². The van der Waals surface area contributed by atoms with Crippen LogP contribution in [0.15, 0.2) is 48.1 Å². The summed E-state index contributed by atoms with van der Waals surface area (Å²) < 4.78 is 0. The number of allylic oxidation sites excluding steroid dienone is 3. The number of carbonyl (C=O) groups is 3. The van der Waals surface area contributed by atoms with Crippen LogP contribution in [0, 0.1) is 0 Å². The Balaban J connectivity index is 2.47. The van der Waals surface area contributed by atoms with Crippen LogP contribution < -0.4 is 5.32 Å². The van der Waals surface area contributed by atoms with Crippen LogP contribution >= 0.6 is 11.8 Å². The van der Waals surface area contributed by atoms with Gasteiger partial charge >= 0.3 is 0 Å². The molecule has 1 rings (SSSR count). The minimum absolute atomic E-state index is 0.108. The van der Waals surface area contributed by atoms with Gasteiger partial charge in [-0.15, -0.1) is 0 Å². The molecular formula is C19H23NO3S. The average Bonchev–Trinajstić information content (AvgIpc) is 2.56. The van der Waals surface area contributed by atoms with Crippen molar-refractivity contribution in [1.82, 2.24) is 5.32 Å². The molecule has 1 amide bonds. The molecule has 1 aromatic rings. The van der Waals surface area contributed by atoms with Gasteiger partial charge in [0.15, 0.2) is 10.9 Å². The number of nitrogens with one attached hydrogen (secondary N) is 1. The molecule has 0 aliphatic carbocycles. The van der Waals surface area contributed by atoms with Crippen molar-refractivity contribution in [3.05, 3.63) is 53.6 Å². The molecule has 0 atom stereocenters. The molecule has 5 heteroatoms. The highest BCUT2D eigenvalue weighted by Crippen LogP contribution is 2.12. The highest BCUT2D eigenvalue weighted by Gasteiger charge is 2.13. The second-order valence-electron chi connectivity index (χ2n) is 5.12. The highest BCUT2D eigenvalue weighted by molar-refractivity contribution is 8.13. The number of rotatable bonds is 9. The molecule has 0 heterocycles. The Morgan fingerprint density at radius 3 is 2.50 bits per heavy atom. The Morgan fingerprint density at radius 1 is 1.17 bits per heavy atom. The van der Waals surface area contributed by atoms with Crippen LogP contribution in [0.2, 0.25) is 0 Å². The topological polar surface area (TPSA) is 63.2 Å². The predicted molar refractivity (Wildman–Crippen MR) is 99.6 cm³/mol. The molecule has 24 heavy (non-hydrogen) atoms. The number of ketones is 1. The van der Waals surface area contributed by atoms with Gasteiger partial charge in [0.25, 0.3) is 0 Å². The number of benzene rings is 1. The Bertz CT molecular complexity index is 621. The first-order chi connectivity index (χ1) is 11.5. The lowest BCUT2D eigenvalue weighted by Crippen LogP contribution is -2.23. The van der Waals surface area contributed by atoms with Crippen molar-refractivity contribution in [1.29, 1.82) is 0 Å². The third kappa shape index (κ3) is 8.48. The van der Waals surface area contributed by atoms with Crippen LogP contribution in [0.3, 0.4) is 0 Å². The van der Waals surface area contributed by atoms with Crippen molar-refractivity contribution in [3.63, 3.8) is 0 Å². The maximum atomic E-state index is 12.2. The zero-order chi connectivity index (χ0) is 17.8. The van der Waals surface area contributed by atoms with Crippen LogP contribution in [-0.2, 0) is 14.4 Å². The first-order valence-electron chi connectivity index (χ1n) is 7.88. The zero-order valence-electron chi connectivity index (χ0n) is 14.1. The summed E-state index contributed by atoms with van der Waals surface area (Å²) in [5.41, 5.74) is 1.69. The van der Waals surface area contributed by atoms with Gasteiger partial charge in [0, 0.05) is 19.2 Å². The second-order valence-corrected chi connectivity index (χ2v) is 6.27. The molecule has 0 aliphatic rings. The number of carbonyl (C=O) groups excluding carboxylic acids is 3. The van der Waals surface area contributed by atoms with Crippen LogP contribution in [0.5, 0.6) is 0 Å². The van der Waals surface area contributed by atoms with Crippen LogP contribution in [-0.4, -0.2) is 29.1 Å². The second kappa shape index (κ2) is 11.4. The maximum Gasteiger partial charge on any atom is 0.216 e. The van der Waals surface area contributed by atoms with E-state index in [-0.39, 0.29) is 23.2 Å². The van der Waals surface area contributed by atoms with Crippen LogP contribution in [0.1, 0.15) is 32.3 Å². The van der Waals surface area contributed by atoms with Crippen molar-refractivity contribution >= 4 is 34.6 Å².